The molecule has 1 N–H and O–H groups in total. The van der Waals surface area contributed by atoms with Gasteiger partial charge in [-0.25, -0.2) is 0 Å². The third-order valence-corrected chi connectivity index (χ3v) is 2.84. The summed E-state index contributed by atoms with van der Waals surface area (Å²) in [4.78, 5) is 0. The molecule has 0 atom stereocenters. The highest BCUT2D eigenvalue weighted by atomic mass is 16.5. The first-order valence-electron chi connectivity index (χ1n) is 6.37. The smallest absolute Gasteiger partial charge is 0.132 e. The topological polar surface area (TPSA) is 51.0 Å². The zero-order valence-electron chi connectivity index (χ0n) is 12.4. The summed E-state index contributed by atoms with van der Waals surface area (Å²) < 4.78 is 11.0. The lowest BCUT2D eigenvalue weighted by molar-refractivity contribution is 0.241. The Morgan fingerprint density at radius 3 is 2.53 bits per heavy atom. The van der Waals surface area contributed by atoms with Gasteiger partial charge in [0.25, 0.3) is 0 Å². The van der Waals surface area contributed by atoms with Crippen molar-refractivity contribution >= 4 is 5.71 Å². The number of oxime groups is 1. The van der Waals surface area contributed by atoms with Crippen molar-refractivity contribution in [3.8, 4) is 11.5 Å². The van der Waals surface area contributed by atoms with Crippen molar-refractivity contribution in [2.24, 2.45) is 10.6 Å². The van der Waals surface area contributed by atoms with E-state index in [4.69, 9.17) is 14.7 Å². The normalized spacial score (nSPS) is 12.4. The summed E-state index contributed by atoms with van der Waals surface area (Å²) in [6.07, 6.45) is 0.943. The van der Waals surface area contributed by atoms with E-state index in [0.29, 0.717) is 18.1 Å². The van der Waals surface area contributed by atoms with E-state index in [-0.39, 0.29) is 5.41 Å². The predicted octanol–water partition coefficient (Wildman–Crippen LogP) is 3.71. The maximum atomic E-state index is 8.89. The number of ether oxygens (including phenoxy) is 2. The van der Waals surface area contributed by atoms with Crippen molar-refractivity contribution in [3.63, 3.8) is 0 Å². The van der Waals surface area contributed by atoms with Crippen molar-refractivity contribution in [2.75, 3.05) is 13.7 Å². The van der Waals surface area contributed by atoms with Crippen LogP contribution in [0.2, 0.25) is 0 Å². The zero-order valence-corrected chi connectivity index (χ0v) is 12.4. The molecule has 0 saturated heterocycles. The lowest BCUT2D eigenvalue weighted by atomic mass is 9.93. The van der Waals surface area contributed by atoms with Crippen LogP contribution in [0.15, 0.2) is 23.4 Å². The molecule has 0 aliphatic heterocycles. The Bertz CT molecular complexity index is 447. The molecule has 4 nitrogen and oxygen atoms in total. The van der Waals surface area contributed by atoms with Gasteiger partial charge in [0.05, 0.1) is 19.4 Å². The fourth-order valence-corrected chi connectivity index (χ4v) is 1.57. The Labute approximate surface area is 115 Å². The highest BCUT2D eigenvalue weighted by molar-refractivity contribution is 6.00. The van der Waals surface area contributed by atoms with Crippen LogP contribution < -0.4 is 9.47 Å². The van der Waals surface area contributed by atoms with Crippen LogP contribution in [0.5, 0.6) is 11.5 Å². The third kappa shape index (κ3) is 4.81. The van der Waals surface area contributed by atoms with Gasteiger partial charge in [-0.3, -0.25) is 0 Å². The van der Waals surface area contributed by atoms with E-state index in [9.17, 15) is 0 Å². The second-order valence-corrected chi connectivity index (χ2v) is 5.71. The van der Waals surface area contributed by atoms with Gasteiger partial charge in [-0.1, -0.05) is 25.9 Å². The number of hydrogen-bond donors (Lipinski definition) is 1. The quantitative estimate of drug-likeness (QED) is 0.501. The molecule has 1 rings (SSSR count). The van der Waals surface area contributed by atoms with Crippen molar-refractivity contribution in [1.29, 1.82) is 0 Å². The monoisotopic (exact) mass is 265 g/mol. The summed E-state index contributed by atoms with van der Waals surface area (Å²) >= 11 is 0. The first kappa shape index (κ1) is 15.3. The number of hydrogen-bond acceptors (Lipinski definition) is 4. The molecule has 0 spiro atoms. The summed E-state index contributed by atoms with van der Waals surface area (Å²) in [6, 6.07) is 5.47. The lowest BCUT2D eigenvalue weighted by Crippen LogP contribution is -2.12. The molecule has 0 radical (unpaired) electrons. The summed E-state index contributed by atoms with van der Waals surface area (Å²) in [7, 11) is 1.61. The lowest BCUT2D eigenvalue weighted by Gasteiger charge is -2.19. The van der Waals surface area contributed by atoms with Crippen LogP contribution in [0.25, 0.3) is 0 Å². The molecule has 0 saturated carbocycles. The minimum atomic E-state index is 0.221. The first-order valence-corrected chi connectivity index (χ1v) is 6.37. The van der Waals surface area contributed by atoms with Gasteiger partial charge in [0.1, 0.15) is 11.5 Å². The molecule has 0 fully saturated rings. The third-order valence-electron chi connectivity index (χ3n) is 2.84. The number of benzene rings is 1. The van der Waals surface area contributed by atoms with Crippen LogP contribution in [0, 0.1) is 5.41 Å². The van der Waals surface area contributed by atoms with Crippen molar-refractivity contribution < 1.29 is 14.7 Å². The second-order valence-electron chi connectivity index (χ2n) is 5.71. The summed E-state index contributed by atoms with van der Waals surface area (Å²) in [5, 5.41) is 12.1. The minimum absolute atomic E-state index is 0.221. The fraction of sp³-hybridized carbons (Fsp3) is 0.533. The second kappa shape index (κ2) is 6.45. The van der Waals surface area contributed by atoms with Gasteiger partial charge in [0.2, 0.25) is 0 Å². The summed E-state index contributed by atoms with van der Waals surface area (Å²) in [5.74, 6) is 1.40. The summed E-state index contributed by atoms with van der Waals surface area (Å²) in [6.45, 7) is 8.86. The molecular formula is C15H23NO3. The molecule has 0 heterocycles. The number of rotatable bonds is 5. The minimum Gasteiger partial charge on any atom is -0.497 e. The van der Waals surface area contributed by atoms with E-state index in [2.05, 4.69) is 25.9 Å². The molecule has 0 aliphatic carbocycles. The van der Waals surface area contributed by atoms with E-state index >= 15 is 0 Å². The average molecular weight is 265 g/mol. The molecule has 0 aromatic heterocycles. The molecule has 1 aromatic carbocycles. The van der Waals surface area contributed by atoms with Gasteiger partial charge in [-0.15, -0.1) is 0 Å². The van der Waals surface area contributed by atoms with Crippen LogP contribution in [-0.2, 0) is 0 Å². The summed E-state index contributed by atoms with van der Waals surface area (Å²) in [5.41, 5.74) is 1.52. The SMILES string of the molecule is COc1ccc(/C(C)=N/O)c(OCCC(C)(C)C)c1. The van der Waals surface area contributed by atoms with Crippen LogP contribution in [-0.4, -0.2) is 24.6 Å². The molecule has 0 unspecified atom stereocenters. The highest BCUT2D eigenvalue weighted by Gasteiger charge is 2.13. The molecule has 4 heteroatoms. The molecule has 0 amide bonds. The van der Waals surface area contributed by atoms with Gasteiger partial charge in [0, 0.05) is 11.6 Å². The predicted molar refractivity (Wildman–Crippen MR) is 76.6 cm³/mol. The van der Waals surface area contributed by atoms with E-state index in [0.717, 1.165) is 17.7 Å². The van der Waals surface area contributed by atoms with Gasteiger partial charge >= 0.3 is 0 Å². The number of methoxy groups -OCH3 is 1. The number of nitrogens with zero attached hydrogens (tertiary/aromatic N) is 1. The van der Waals surface area contributed by atoms with Crippen molar-refractivity contribution in [1.82, 2.24) is 0 Å². The van der Waals surface area contributed by atoms with Crippen LogP contribution in [0.1, 0.15) is 39.7 Å². The van der Waals surface area contributed by atoms with Crippen LogP contribution in [0.4, 0.5) is 0 Å². The van der Waals surface area contributed by atoms with Gasteiger partial charge < -0.3 is 14.7 Å². The largest absolute Gasteiger partial charge is 0.497 e. The Kier molecular flexibility index (Phi) is 5.21. The maximum Gasteiger partial charge on any atom is 0.132 e. The Balaban J connectivity index is 2.89. The maximum absolute atomic E-state index is 8.89. The Hall–Kier alpha value is -1.71. The molecule has 0 bridgehead atoms. The zero-order chi connectivity index (χ0) is 14.5. The van der Waals surface area contributed by atoms with Gasteiger partial charge in [-0.05, 0) is 30.9 Å². The molecular weight excluding hydrogens is 242 g/mol. The molecule has 1 aromatic rings. The fourth-order valence-electron chi connectivity index (χ4n) is 1.57. The van der Waals surface area contributed by atoms with E-state index < -0.39 is 0 Å². The van der Waals surface area contributed by atoms with Crippen LogP contribution in [0.3, 0.4) is 0 Å². The average Bonchev–Trinajstić information content (AvgIpc) is 2.36. The molecule has 0 aliphatic rings. The standard InChI is InChI=1S/C15H23NO3/c1-11(16-17)13-7-6-12(18-5)10-14(13)19-9-8-15(2,3)4/h6-7,10,17H,8-9H2,1-5H3/b16-11+. The van der Waals surface area contributed by atoms with E-state index in [1.165, 1.54) is 0 Å². The van der Waals surface area contributed by atoms with Gasteiger partial charge in [-0.2, -0.15) is 0 Å². The van der Waals surface area contributed by atoms with Gasteiger partial charge in [0.15, 0.2) is 0 Å². The van der Waals surface area contributed by atoms with Crippen LogP contribution >= 0.6 is 0 Å². The highest BCUT2D eigenvalue weighted by Crippen LogP contribution is 2.27. The molecule has 19 heavy (non-hydrogen) atoms. The van der Waals surface area contributed by atoms with E-state index in [1.54, 1.807) is 14.0 Å². The van der Waals surface area contributed by atoms with E-state index in [1.807, 2.05) is 18.2 Å². The van der Waals surface area contributed by atoms with Crippen molar-refractivity contribution in [2.45, 2.75) is 34.1 Å². The molecule has 106 valence electrons. The first-order chi connectivity index (χ1) is 8.87. The Morgan fingerprint density at radius 2 is 2.00 bits per heavy atom. The van der Waals surface area contributed by atoms with Crippen molar-refractivity contribution in [3.05, 3.63) is 23.8 Å². The Morgan fingerprint density at radius 1 is 1.32 bits per heavy atom.